The van der Waals surface area contributed by atoms with Gasteiger partial charge < -0.3 is 19.3 Å². The zero-order chi connectivity index (χ0) is 39.9. The fourth-order valence-corrected chi connectivity index (χ4v) is 9.19. The Balaban J connectivity index is 1.31. The summed E-state index contributed by atoms with van der Waals surface area (Å²) in [6.45, 7) is 8.47. The van der Waals surface area contributed by atoms with Crippen molar-refractivity contribution in [1.29, 1.82) is 0 Å². The number of ketones is 1. The predicted octanol–water partition coefficient (Wildman–Crippen LogP) is 3.53. The van der Waals surface area contributed by atoms with E-state index in [1.807, 2.05) is 6.08 Å². The number of nitrogens with zero attached hydrogens (tertiary/aromatic N) is 3. The number of carbonyl (C=O) groups excluding carboxylic acids is 6. The summed E-state index contributed by atoms with van der Waals surface area (Å²) in [6.07, 6.45) is 4.02. The van der Waals surface area contributed by atoms with Gasteiger partial charge in [0.2, 0.25) is 27.7 Å². The van der Waals surface area contributed by atoms with Crippen molar-refractivity contribution < 1.29 is 51.0 Å². The molecule has 2 aliphatic carbocycles. The minimum Gasteiger partial charge on any atom is -0.460 e. The Hall–Kier alpha value is -4.60. The Morgan fingerprint density at radius 3 is 2.51 bits per heavy atom. The highest BCUT2D eigenvalue weighted by molar-refractivity contribution is 7.90. The molecule has 14 nitrogen and oxygen atoms in total. The Morgan fingerprint density at radius 2 is 1.84 bits per heavy atom. The molecule has 1 N–H and O–H groups in total. The third-order valence-electron chi connectivity index (χ3n) is 10.9. The largest absolute Gasteiger partial charge is 0.460 e. The molecule has 3 aliphatic heterocycles. The number of sulfonamides is 1. The van der Waals surface area contributed by atoms with Crippen LogP contribution in [0.2, 0.25) is 0 Å². The lowest BCUT2D eigenvalue weighted by molar-refractivity contribution is -0.159. The van der Waals surface area contributed by atoms with Crippen LogP contribution in [0.3, 0.4) is 0 Å². The van der Waals surface area contributed by atoms with Crippen LogP contribution in [0.25, 0.3) is 0 Å². The monoisotopic (exact) mass is 784 g/mol. The van der Waals surface area contributed by atoms with E-state index >= 15 is 0 Å². The van der Waals surface area contributed by atoms with Crippen LogP contribution in [0.15, 0.2) is 43.0 Å². The first-order valence-corrected chi connectivity index (χ1v) is 20.4. The molecule has 55 heavy (non-hydrogen) atoms. The van der Waals surface area contributed by atoms with Gasteiger partial charge in [-0.25, -0.2) is 17.6 Å². The zero-order valence-corrected chi connectivity index (χ0v) is 32.3. The molecule has 5 atom stereocenters. The maximum absolute atomic E-state index is 14.7. The van der Waals surface area contributed by atoms with Crippen LogP contribution < -0.4 is 4.72 Å². The van der Waals surface area contributed by atoms with Gasteiger partial charge in [-0.05, 0) is 76.5 Å². The molecular formula is C39H49FN4O10S. The standard InChI is InChI=1S/C39H49FN4O10S/c1-5-33(46)42-15-8-6-7-11-26-18-39(26,36(49)41-55(51,52)28-13-14-28)19-32(45)31-17-27(53-37(50)43-20-24-10-9-12-30(40)29(24)23-43)22-44(31)35(48)25(21-42)16-34(47)54-38(2,3)4/h5,7,9-12,25-28,31H,1,6,8,13-23H2,2-4H3,(H,41,49)/b11-7-/t25-,26+,27?,31?,39+/m0/s1. The van der Waals surface area contributed by atoms with Crippen molar-refractivity contribution in [2.45, 2.75) is 108 Å². The molecule has 0 aromatic heterocycles. The molecule has 4 amide bonds. The van der Waals surface area contributed by atoms with Crippen molar-refractivity contribution in [2.24, 2.45) is 17.3 Å². The second-order valence-corrected chi connectivity index (χ2v) is 18.3. The molecule has 16 heteroatoms. The number of benzene rings is 1. The maximum Gasteiger partial charge on any atom is 0.410 e. The number of hydrogen-bond acceptors (Lipinski definition) is 10. The molecule has 298 valence electrons. The first kappa shape index (κ1) is 40.1. The molecule has 2 unspecified atom stereocenters. The van der Waals surface area contributed by atoms with Gasteiger partial charge in [0.05, 0.1) is 42.1 Å². The van der Waals surface area contributed by atoms with Gasteiger partial charge in [-0.1, -0.05) is 30.9 Å². The van der Waals surface area contributed by atoms with Crippen LogP contribution in [-0.4, -0.2) is 101 Å². The number of allylic oxidation sites excluding steroid dienone is 2. The van der Waals surface area contributed by atoms with Gasteiger partial charge in [-0.2, -0.15) is 0 Å². The van der Waals surface area contributed by atoms with Crippen molar-refractivity contribution in [1.82, 2.24) is 19.4 Å². The van der Waals surface area contributed by atoms with Crippen molar-refractivity contribution in [2.75, 3.05) is 19.6 Å². The first-order valence-electron chi connectivity index (χ1n) is 18.8. The van der Waals surface area contributed by atoms with E-state index in [1.165, 1.54) is 20.8 Å². The molecule has 0 bridgehead atoms. The van der Waals surface area contributed by atoms with E-state index in [2.05, 4.69) is 11.3 Å². The summed E-state index contributed by atoms with van der Waals surface area (Å²) >= 11 is 0. The van der Waals surface area contributed by atoms with Gasteiger partial charge in [-0.15, -0.1) is 0 Å². The maximum atomic E-state index is 14.7. The van der Waals surface area contributed by atoms with Crippen molar-refractivity contribution in [3.05, 3.63) is 60.0 Å². The van der Waals surface area contributed by atoms with Crippen LogP contribution >= 0.6 is 0 Å². The van der Waals surface area contributed by atoms with E-state index in [9.17, 15) is 41.6 Å². The number of fused-ring (bicyclic) bond motifs is 3. The second kappa shape index (κ2) is 15.5. The average molecular weight is 785 g/mol. The van der Waals surface area contributed by atoms with Gasteiger partial charge in [0.15, 0.2) is 5.78 Å². The van der Waals surface area contributed by atoms with Crippen LogP contribution in [0.4, 0.5) is 9.18 Å². The molecule has 2 saturated carbocycles. The van der Waals surface area contributed by atoms with E-state index in [0.717, 1.165) is 6.08 Å². The van der Waals surface area contributed by atoms with E-state index in [1.54, 1.807) is 39.0 Å². The predicted molar refractivity (Wildman–Crippen MR) is 195 cm³/mol. The Bertz CT molecular complexity index is 1910. The normalized spacial score (nSPS) is 27.8. The number of Topliss-reactive ketones (excluding diaryl/α,β-unsaturated/α-hetero) is 1. The highest BCUT2D eigenvalue weighted by Gasteiger charge is 2.61. The van der Waals surface area contributed by atoms with Crippen molar-refractivity contribution in [3.63, 3.8) is 0 Å². The highest BCUT2D eigenvalue weighted by Crippen LogP contribution is 2.57. The number of hydrogen-bond donors (Lipinski definition) is 1. The topological polar surface area (TPSA) is 177 Å². The molecule has 0 spiro atoms. The van der Waals surface area contributed by atoms with E-state index < -0.39 is 98.1 Å². The highest BCUT2D eigenvalue weighted by atomic mass is 32.2. The average Bonchev–Trinajstić information content (AvgIpc) is 3.99. The van der Waals surface area contributed by atoms with E-state index in [4.69, 9.17) is 9.47 Å². The third-order valence-corrected chi connectivity index (χ3v) is 12.7. The summed E-state index contributed by atoms with van der Waals surface area (Å²) in [4.78, 5) is 86.5. The van der Waals surface area contributed by atoms with E-state index in [0.29, 0.717) is 36.8 Å². The fourth-order valence-electron chi connectivity index (χ4n) is 7.81. The minimum absolute atomic E-state index is 0.0278. The first-order chi connectivity index (χ1) is 25.9. The van der Waals surface area contributed by atoms with Crippen LogP contribution in [0, 0.1) is 23.1 Å². The van der Waals surface area contributed by atoms with Gasteiger partial charge >= 0.3 is 12.1 Å². The molecule has 1 saturated heterocycles. The van der Waals surface area contributed by atoms with Gasteiger partial charge in [0.1, 0.15) is 17.5 Å². The SMILES string of the molecule is C=CC(=O)N1CCC/C=C\[C@@H]2C[C@@]2(C(=O)NS(=O)(=O)C2CC2)CC(=O)C2CC(OC(=O)N3Cc4cccc(F)c4C3)CN2C(=O)[C@@H](CC(=O)OC(C)(C)C)C1. The molecule has 3 heterocycles. The summed E-state index contributed by atoms with van der Waals surface area (Å²) in [7, 11) is -3.93. The van der Waals surface area contributed by atoms with Crippen LogP contribution in [-0.2, 0) is 56.6 Å². The zero-order valence-electron chi connectivity index (χ0n) is 31.5. The van der Waals surface area contributed by atoms with Gasteiger partial charge in [0.25, 0.3) is 0 Å². The lowest BCUT2D eigenvalue weighted by Crippen LogP contribution is -2.49. The molecule has 5 aliphatic rings. The summed E-state index contributed by atoms with van der Waals surface area (Å²) in [5, 5.41) is -0.667. The number of amides is 4. The smallest absolute Gasteiger partial charge is 0.410 e. The number of ether oxygens (including phenoxy) is 2. The lowest BCUT2D eigenvalue weighted by Gasteiger charge is -2.32. The van der Waals surface area contributed by atoms with Crippen molar-refractivity contribution >= 4 is 45.6 Å². The summed E-state index contributed by atoms with van der Waals surface area (Å²) in [5.74, 6) is -5.22. The van der Waals surface area contributed by atoms with Crippen molar-refractivity contribution in [3.8, 4) is 0 Å². The summed E-state index contributed by atoms with van der Waals surface area (Å²) < 4.78 is 53.8. The summed E-state index contributed by atoms with van der Waals surface area (Å²) in [6, 6.07) is 3.35. The van der Waals surface area contributed by atoms with E-state index in [-0.39, 0.29) is 52.0 Å². The fraction of sp³-hybridized carbons (Fsp3) is 0.590. The molecule has 6 rings (SSSR count). The lowest BCUT2D eigenvalue weighted by atomic mass is 9.91. The number of carbonyl (C=O) groups is 6. The Morgan fingerprint density at radius 1 is 1.09 bits per heavy atom. The number of rotatable bonds is 7. The quantitative estimate of drug-likeness (QED) is 0.245. The third kappa shape index (κ3) is 9.11. The number of nitrogens with one attached hydrogen (secondary N) is 1. The molecule has 1 aromatic rings. The second-order valence-electron chi connectivity index (χ2n) is 16.3. The summed E-state index contributed by atoms with van der Waals surface area (Å²) in [5.41, 5.74) is -1.27. The molecular weight excluding hydrogens is 736 g/mol. The number of esters is 1. The van der Waals surface area contributed by atoms with Crippen LogP contribution in [0.5, 0.6) is 0 Å². The van der Waals surface area contributed by atoms with Crippen LogP contribution in [0.1, 0.15) is 83.3 Å². The van der Waals surface area contributed by atoms with Gasteiger partial charge in [-0.3, -0.25) is 33.6 Å². The molecule has 1 aromatic carbocycles. The Labute approximate surface area is 320 Å². The Kier molecular flexibility index (Phi) is 11.3. The number of halogens is 1. The van der Waals surface area contributed by atoms with Gasteiger partial charge in [0, 0.05) is 38.0 Å². The molecule has 0 radical (unpaired) electrons. The molecule has 3 fully saturated rings. The minimum atomic E-state index is -3.93.